The molecular formula is C17H19N3O4. The third-order valence-electron chi connectivity index (χ3n) is 3.67. The number of ether oxygens (including phenoxy) is 1. The molecule has 2 aromatic rings. The molecule has 1 aromatic carbocycles. The second kappa shape index (κ2) is 7.65. The van der Waals surface area contributed by atoms with Gasteiger partial charge in [-0.1, -0.05) is 6.07 Å². The molecule has 0 aliphatic carbocycles. The minimum atomic E-state index is -0.318. The molecule has 7 nitrogen and oxygen atoms in total. The maximum atomic E-state index is 12.1. The Morgan fingerprint density at radius 2 is 1.88 bits per heavy atom. The second-order valence-corrected chi connectivity index (χ2v) is 5.36. The molecule has 7 heteroatoms. The summed E-state index contributed by atoms with van der Waals surface area (Å²) < 4.78 is 10.3. The number of carbonyl (C=O) groups excluding carboxylic acids is 2. The minimum Gasteiger partial charge on any atom is -0.459 e. The number of anilines is 2. The summed E-state index contributed by atoms with van der Waals surface area (Å²) >= 11 is 0. The topological polar surface area (TPSA) is 83.8 Å². The lowest BCUT2D eigenvalue weighted by Gasteiger charge is -2.27. The standard InChI is InChI=1S/C17H19N3O4/c21-16(20-6-9-23-10-7-20)12-18-13-3-1-4-14(11-13)19-17(22)15-5-2-8-24-15/h1-5,8,11,18H,6-7,9-10,12H2,(H,19,22). The second-order valence-electron chi connectivity index (χ2n) is 5.36. The summed E-state index contributed by atoms with van der Waals surface area (Å²) in [4.78, 5) is 25.9. The van der Waals surface area contributed by atoms with Gasteiger partial charge in [0.15, 0.2) is 5.76 Å². The normalized spacial score (nSPS) is 14.2. The molecule has 24 heavy (non-hydrogen) atoms. The van der Waals surface area contributed by atoms with Crippen LogP contribution >= 0.6 is 0 Å². The number of morpholine rings is 1. The van der Waals surface area contributed by atoms with E-state index in [4.69, 9.17) is 9.15 Å². The van der Waals surface area contributed by atoms with Crippen molar-refractivity contribution in [1.82, 2.24) is 4.90 Å². The van der Waals surface area contributed by atoms with Crippen molar-refractivity contribution in [2.45, 2.75) is 0 Å². The van der Waals surface area contributed by atoms with E-state index in [2.05, 4.69) is 10.6 Å². The summed E-state index contributed by atoms with van der Waals surface area (Å²) in [5.41, 5.74) is 1.38. The van der Waals surface area contributed by atoms with Crippen LogP contribution in [0.1, 0.15) is 10.6 Å². The summed E-state index contributed by atoms with van der Waals surface area (Å²) in [5.74, 6) is -0.0410. The van der Waals surface area contributed by atoms with Gasteiger partial charge < -0.3 is 24.7 Å². The fourth-order valence-electron chi connectivity index (χ4n) is 2.41. The average molecular weight is 329 g/mol. The summed E-state index contributed by atoms with van der Waals surface area (Å²) in [6.07, 6.45) is 1.45. The van der Waals surface area contributed by atoms with E-state index >= 15 is 0 Å². The van der Waals surface area contributed by atoms with Crippen molar-refractivity contribution >= 4 is 23.2 Å². The molecule has 0 unspecified atom stereocenters. The zero-order chi connectivity index (χ0) is 16.8. The molecular weight excluding hydrogens is 310 g/mol. The fraction of sp³-hybridized carbons (Fsp3) is 0.294. The van der Waals surface area contributed by atoms with Crippen molar-refractivity contribution in [1.29, 1.82) is 0 Å². The highest BCUT2D eigenvalue weighted by Crippen LogP contribution is 2.16. The van der Waals surface area contributed by atoms with E-state index in [1.54, 1.807) is 35.2 Å². The van der Waals surface area contributed by atoms with Crippen LogP contribution in [0.2, 0.25) is 0 Å². The van der Waals surface area contributed by atoms with E-state index < -0.39 is 0 Å². The van der Waals surface area contributed by atoms with Crippen LogP contribution in [-0.2, 0) is 9.53 Å². The largest absolute Gasteiger partial charge is 0.459 e. The first-order valence-corrected chi connectivity index (χ1v) is 7.77. The smallest absolute Gasteiger partial charge is 0.291 e. The average Bonchev–Trinajstić information content (AvgIpc) is 3.15. The van der Waals surface area contributed by atoms with Gasteiger partial charge in [-0.15, -0.1) is 0 Å². The Labute approximate surface area is 139 Å². The molecule has 1 saturated heterocycles. The number of rotatable bonds is 5. The van der Waals surface area contributed by atoms with Crippen molar-refractivity contribution in [2.75, 3.05) is 43.5 Å². The Balaban J connectivity index is 1.55. The Hall–Kier alpha value is -2.80. The van der Waals surface area contributed by atoms with Gasteiger partial charge >= 0.3 is 0 Å². The first-order chi connectivity index (χ1) is 11.7. The highest BCUT2D eigenvalue weighted by Gasteiger charge is 2.16. The highest BCUT2D eigenvalue weighted by molar-refractivity contribution is 6.02. The molecule has 2 amide bonds. The molecule has 0 spiro atoms. The van der Waals surface area contributed by atoms with Gasteiger partial charge in [-0.25, -0.2) is 0 Å². The minimum absolute atomic E-state index is 0.0309. The Morgan fingerprint density at radius 3 is 2.62 bits per heavy atom. The van der Waals surface area contributed by atoms with E-state index in [0.717, 1.165) is 5.69 Å². The number of benzene rings is 1. The molecule has 2 N–H and O–H groups in total. The van der Waals surface area contributed by atoms with Crippen molar-refractivity contribution < 1.29 is 18.7 Å². The number of amides is 2. The van der Waals surface area contributed by atoms with Gasteiger partial charge in [-0.2, -0.15) is 0 Å². The van der Waals surface area contributed by atoms with E-state index in [1.165, 1.54) is 6.26 Å². The van der Waals surface area contributed by atoms with Gasteiger partial charge in [0.1, 0.15) is 0 Å². The number of hydrogen-bond acceptors (Lipinski definition) is 5. The van der Waals surface area contributed by atoms with Gasteiger partial charge in [0.25, 0.3) is 5.91 Å². The van der Waals surface area contributed by atoms with Crippen LogP contribution in [0.3, 0.4) is 0 Å². The van der Waals surface area contributed by atoms with Crippen LogP contribution in [0.15, 0.2) is 47.1 Å². The molecule has 0 atom stereocenters. The lowest BCUT2D eigenvalue weighted by atomic mass is 10.2. The zero-order valence-corrected chi connectivity index (χ0v) is 13.2. The molecule has 0 bridgehead atoms. The highest BCUT2D eigenvalue weighted by atomic mass is 16.5. The summed E-state index contributed by atoms with van der Waals surface area (Å²) in [6, 6.07) is 10.4. The predicted molar refractivity (Wildman–Crippen MR) is 89.0 cm³/mol. The number of furan rings is 1. The van der Waals surface area contributed by atoms with Crippen molar-refractivity contribution in [3.05, 3.63) is 48.4 Å². The number of nitrogens with zero attached hydrogens (tertiary/aromatic N) is 1. The summed E-state index contributed by atoms with van der Waals surface area (Å²) in [7, 11) is 0. The molecule has 2 heterocycles. The maximum absolute atomic E-state index is 12.1. The Bertz CT molecular complexity index is 694. The molecule has 3 rings (SSSR count). The van der Waals surface area contributed by atoms with Crippen molar-refractivity contribution in [3.8, 4) is 0 Å². The molecule has 0 saturated carbocycles. The summed E-state index contributed by atoms with van der Waals surface area (Å²) in [6.45, 7) is 2.62. The number of hydrogen-bond donors (Lipinski definition) is 2. The van der Waals surface area contributed by atoms with Gasteiger partial charge in [0.2, 0.25) is 5.91 Å². The molecule has 1 fully saturated rings. The number of nitrogens with one attached hydrogen (secondary N) is 2. The van der Waals surface area contributed by atoms with Crippen LogP contribution < -0.4 is 10.6 Å². The van der Waals surface area contributed by atoms with E-state index in [9.17, 15) is 9.59 Å². The van der Waals surface area contributed by atoms with Crippen LogP contribution in [0, 0.1) is 0 Å². The molecule has 126 valence electrons. The molecule has 0 radical (unpaired) electrons. The monoisotopic (exact) mass is 329 g/mol. The molecule has 1 aromatic heterocycles. The van der Waals surface area contributed by atoms with Gasteiger partial charge in [0, 0.05) is 24.5 Å². The zero-order valence-electron chi connectivity index (χ0n) is 13.2. The van der Waals surface area contributed by atoms with Crippen molar-refractivity contribution in [3.63, 3.8) is 0 Å². The maximum Gasteiger partial charge on any atom is 0.291 e. The summed E-state index contributed by atoms with van der Waals surface area (Å²) in [5, 5.41) is 5.83. The van der Waals surface area contributed by atoms with Crippen LogP contribution in [0.5, 0.6) is 0 Å². The van der Waals surface area contributed by atoms with Gasteiger partial charge in [-0.3, -0.25) is 9.59 Å². The first-order valence-electron chi connectivity index (χ1n) is 7.77. The van der Waals surface area contributed by atoms with Crippen LogP contribution in [-0.4, -0.2) is 49.6 Å². The first kappa shape index (κ1) is 16.1. The fourth-order valence-corrected chi connectivity index (χ4v) is 2.41. The Kier molecular flexibility index (Phi) is 5.12. The third-order valence-corrected chi connectivity index (χ3v) is 3.67. The van der Waals surface area contributed by atoms with Crippen molar-refractivity contribution in [2.24, 2.45) is 0 Å². The Morgan fingerprint density at radius 1 is 1.08 bits per heavy atom. The lowest BCUT2D eigenvalue weighted by molar-refractivity contribution is -0.133. The van der Waals surface area contributed by atoms with E-state index in [-0.39, 0.29) is 24.1 Å². The molecule has 1 aliphatic heterocycles. The van der Waals surface area contributed by atoms with Crippen LogP contribution in [0.4, 0.5) is 11.4 Å². The van der Waals surface area contributed by atoms with Gasteiger partial charge in [0.05, 0.1) is 26.0 Å². The number of carbonyl (C=O) groups is 2. The van der Waals surface area contributed by atoms with Gasteiger partial charge in [-0.05, 0) is 30.3 Å². The SMILES string of the molecule is O=C(Nc1cccc(NCC(=O)N2CCOCC2)c1)c1ccco1. The predicted octanol–water partition coefficient (Wildman–Crippen LogP) is 1.80. The lowest BCUT2D eigenvalue weighted by Crippen LogP contribution is -2.43. The molecule has 1 aliphatic rings. The van der Waals surface area contributed by atoms with E-state index in [0.29, 0.717) is 32.0 Å². The van der Waals surface area contributed by atoms with E-state index in [1.807, 2.05) is 6.07 Å². The van der Waals surface area contributed by atoms with Crippen LogP contribution in [0.25, 0.3) is 0 Å². The quantitative estimate of drug-likeness (QED) is 0.874. The third kappa shape index (κ3) is 4.14.